The lowest BCUT2D eigenvalue weighted by Gasteiger charge is -2.38. The number of aliphatic carboxylic acids is 1. The number of hydrogen-bond acceptors (Lipinski definition) is 4. The quantitative estimate of drug-likeness (QED) is 0.915. The number of rotatable bonds is 5. The zero-order chi connectivity index (χ0) is 16.2. The minimum atomic E-state index is -0.898. The van der Waals surface area contributed by atoms with Crippen LogP contribution in [0.4, 0.5) is 0 Å². The number of pyridine rings is 1. The van der Waals surface area contributed by atoms with Crippen molar-refractivity contribution in [3.63, 3.8) is 0 Å². The van der Waals surface area contributed by atoms with Gasteiger partial charge in [-0.05, 0) is 36.6 Å². The van der Waals surface area contributed by atoms with Crippen molar-refractivity contribution in [3.8, 4) is 0 Å². The molecule has 0 saturated carbocycles. The Labute approximate surface area is 133 Å². The molecule has 1 N–H and O–H groups in total. The molecule has 2 aromatic rings. The molecule has 1 aliphatic heterocycles. The zero-order valence-corrected chi connectivity index (χ0v) is 12.6. The van der Waals surface area contributed by atoms with E-state index >= 15 is 0 Å². The number of piperidine rings is 1. The van der Waals surface area contributed by atoms with Gasteiger partial charge in [0.05, 0.1) is 12.2 Å². The van der Waals surface area contributed by atoms with Gasteiger partial charge in [-0.3, -0.25) is 14.6 Å². The Morgan fingerprint density at radius 3 is 2.91 bits per heavy atom. The van der Waals surface area contributed by atoms with E-state index in [1.807, 2.05) is 12.1 Å². The molecule has 1 amide bonds. The Morgan fingerprint density at radius 2 is 2.26 bits per heavy atom. The number of hydrogen-bond donors (Lipinski definition) is 1. The molecule has 0 radical (unpaired) electrons. The molecular formula is C17H18N2O4. The first-order valence-electron chi connectivity index (χ1n) is 7.61. The maximum absolute atomic E-state index is 12.4. The van der Waals surface area contributed by atoms with Crippen LogP contribution in [0.25, 0.3) is 0 Å². The third-order valence-corrected chi connectivity index (χ3v) is 4.22. The van der Waals surface area contributed by atoms with Crippen LogP contribution in [0.3, 0.4) is 0 Å². The molecule has 3 rings (SSSR count). The summed E-state index contributed by atoms with van der Waals surface area (Å²) in [5.41, 5.74) is 1.01. The summed E-state index contributed by atoms with van der Waals surface area (Å²) in [6, 6.07) is 6.68. The molecule has 1 fully saturated rings. The van der Waals surface area contributed by atoms with E-state index in [1.165, 1.54) is 6.26 Å². The number of likely N-dealkylation sites (tertiary alicyclic amines) is 1. The standard InChI is InChI=1S/C17H18N2O4/c20-15-6-5-13(17(21)22)16(14-4-2-10-23-14)19(15)9-7-12-3-1-8-18-11-12/h1-4,8,10-11,13,16H,5-7,9H2,(H,21,22)/t13-,16+/m1/s1. The fourth-order valence-corrected chi connectivity index (χ4v) is 3.08. The van der Waals surface area contributed by atoms with E-state index < -0.39 is 17.9 Å². The van der Waals surface area contributed by atoms with Gasteiger partial charge < -0.3 is 14.4 Å². The summed E-state index contributed by atoms with van der Waals surface area (Å²) in [4.78, 5) is 29.7. The van der Waals surface area contributed by atoms with Crippen molar-refractivity contribution >= 4 is 11.9 Å². The number of carboxylic acid groups (broad SMARTS) is 1. The molecule has 6 nitrogen and oxygen atoms in total. The smallest absolute Gasteiger partial charge is 0.309 e. The van der Waals surface area contributed by atoms with Crippen LogP contribution in [-0.2, 0) is 16.0 Å². The van der Waals surface area contributed by atoms with E-state index in [-0.39, 0.29) is 12.3 Å². The average Bonchev–Trinajstić information content (AvgIpc) is 3.08. The number of nitrogens with zero attached hydrogens (tertiary/aromatic N) is 2. The second kappa shape index (κ2) is 6.64. The monoisotopic (exact) mass is 314 g/mol. The summed E-state index contributed by atoms with van der Waals surface area (Å²) in [5.74, 6) is -1.05. The normalized spacial score (nSPS) is 21.4. The molecule has 1 saturated heterocycles. The molecule has 23 heavy (non-hydrogen) atoms. The largest absolute Gasteiger partial charge is 0.481 e. The lowest BCUT2D eigenvalue weighted by Crippen LogP contribution is -2.46. The summed E-state index contributed by atoms with van der Waals surface area (Å²) >= 11 is 0. The molecule has 2 aromatic heterocycles. The van der Waals surface area contributed by atoms with Gasteiger partial charge in [0.25, 0.3) is 0 Å². The number of aromatic nitrogens is 1. The molecule has 3 heterocycles. The molecule has 0 unspecified atom stereocenters. The third kappa shape index (κ3) is 3.26. The van der Waals surface area contributed by atoms with Crippen LogP contribution >= 0.6 is 0 Å². The number of furan rings is 1. The minimum Gasteiger partial charge on any atom is -0.481 e. The van der Waals surface area contributed by atoms with Crippen molar-refractivity contribution in [3.05, 3.63) is 54.2 Å². The molecule has 0 spiro atoms. The maximum Gasteiger partial charge on any atom is 0.309 e. The fourth-order valence-electron chi connectivity index (χ4n) is 3.08. The van der Waals surface area contributed by atoms with E-state index in [4.69, 9.17) is 4.42 Å². The summed E-state index contributed by atoms with van der Waals surface area (Å²) < 4.78 is 5.41. The van der Waals surface area contributed by atoms with Gasteiger partial charge in [0.2, 0.25) is 5.91 Å². The van der Waals surface area contributed by atoms with Gasteiger partial charge in [0.15, 0.2) is 0 Å². The first-order chi connectivity index (χ1) is 11.2. The van der Waals surface area contributed by atoms with Gasteiger partial charge in [-0.2, -0.15) is 0 Å². The molecule has 2 atom stereocenters. The molecule has 1 aliphatic rings. The molecule has 0 aromatic carbocycles. The van der Waals surface area contributed by atoms with E-state index in [0.717, 1.165) is 5.56 Å². The lowest BCUT2D eigenvalue weighted by molar-refractivity contribution is -0.152. The van der Waals surface area contributed by atoms with Crippen LogP contribution in [0.1, 0.15) is 30.2 Å². The Hall–Kier alpha value is -2.63. The topological polar surface area (TPSA) is 83.6 Å². The number of carbonyl (C=O) groups is 2. The Morgan fingerprint density at radius 1 is 1.39 bits per heavy atom. The molecule has 0 bridgehead atoms. The van der Waals surface area contributed by atoms with E-state index in [2.05, 4.69) is 4.98 Å². The summed E-state index contributed by atoms with van der Waals surface area (Å²) in [7, 11) is 0. The van der Waals surface area contributed by atoms with Crippen LogP contribution in [0.2, 0.25) is 0 Å². The second-order valence-electron chi connectivity index (χ2n) is 5.64. The fraction of sp³-hybridized carbons (Fsp3) is 0.353. The van der Waals surface area contributed by atoms with E-state index in [1.54, 1.807) is 29.4 Å². The van der Waals surface area contributed by atoms with Gasteiger partial charge in [-0.1, -0.05) is 6.07 Å². The molecule has 6 heteroatoms. The zero-order valence-electron chi connectivity index (χ0n) is 12.6. The average molecular weight is 314 g/mol. The first kappa shape index (κ1) is 15.3. The highest BCUT2D eigenvalue weighted by Gasteiger charge is 2.41. The van der Waals surface area contributed by atoms with E-state index in [9.17, 15) is 14.7 Å². The first-order valence-corrected chi connectivity index (χ1v) is 7.61. The highest BCUT2D eigenvalue weighted by Crippen LogP contribution is 2.37. The van der Waals surface area contributed by atoms with Crippen molar-refractivity contribution < 1.29 is 19.1 Å². The highest BCUT2D eigenvalue weighted by molar-refractivity contribution is 5.81. The Bertz CT molecular complexity index is 669. The number of carbonyl (C=O) groups excluding carboxylic acids is 1. The molecule has 0 aliphatic carbocycles. The summed E-state index contributed by atoms with van der Waals surface area (Å²) in [6.07, 6.45) is 6.17. The third-order valence-electron chi connectivity index (χ3n) is 4.22. The lowest BCUT2D eigenvalue weighted by atomic mass is 9.87. The van der Waals surface area contributed by atoms with Gasteiger partial charge in [-0.15, -0.1) is 0 Å². The molecular weight excluding hydrogens is 296 g/mol. The predicted molar refractivity (Wildman–Crippen MR) is 81.5 cm³/mol. The van der Waals surface area contributed by atoms with Crippen molar-refractivity contribution in [2.24, 2.45) is 5.92 Å². The van der Waals surface area contributed by atoms with E-state index in [0.29, 0.717) is 25.1 Å². The second-order valence-corrected chi connectivity index (χ2v) is 5.64. The molecule has 120 valence electrons. The van der Waals surface area contributed by atoms with Crippen LogP contribution in [0.5, 0.6) is 0 Å². The van der Waals surface area contributed by atoms with Gasteiger partial charge in [0.1, 0.15) is 11.8 Å². The summed E-state index contributed by atoms with van der Waals surface area (Å²) in [6.45, 7) is 0.444. The van der Waals surface area contributed by atoms with Crippen molar-refractivity contribution in [2.75, 3.05) is 6.54 Å². The summed E-state index contributed by atoms with van der Waals surface area (Å²) in [5, 5.41) is 9.51. The van der Waals surface area contributed by atoms with Gasteiger partial charge in [0, 0.05) is 25.4 Å². The van der Waals surface area contributed by atoms with Crippen LogP contribution in [0.15, 0.2) is 47.3 Å². The van der Waals surface area contributed by atoms with Crippen molar-refractivity contribution in [2.45, 2.75) is 25.3 Å². The van der Waals surface area contributed by atoms with Gasteiger partial charge >= 0.3 is 5.97 Å². The SMILES string of the molecule is O=C(O)[C@@H]1CCC(=O)N(CCc2cccnc2)[C@@H]1c1ccco1. The number of carboxylic acids is 1. The Balaban J connectivity index is 1.84. The highest BCUT2D eigenvalue weighted by atomic mass is 16.4. The predicted octanol–water partition coefficient (Wildman–Crippen LogP) is 2.28. The van der Waals surface area contributed by atoms with Crippen LogP contribution in [0, 0.1) is 5.92 Å². The Kier molecular flexibility index (Phi) is 4.41. The minimum absolute atomic E-state index is 0.0345. The van der Waals surface area contributed by atoms with Gasteiger partial charge in [-0.25, -0.2) is 0 Å². The van der Waals surface area contributed by atoms with Crippen molar-refractivity contribution in [1.29, 1.82) is 0 Å². The van der Waals surface area contributed by atoms with Crippen LogP contribution < -0.4 is 0 Å². The van der Waals surface area contributed by atoms with Crippen molar-refractivity contribution in [1.82, 2.24) is 9.88 Å². The number of amides is 1. The van der Waals surface area contributed by atoms with Crippen LogP contribution in [-0.4, -0.2) is 33.4 Å². The maximum atomic E-state index is 12.4.